The highest BCUT2D eigenvalue weighted by atomic mass is 19.1. The molecule has 0 spiro atoms. The predicted molar refractivity (Wildman–Crippen MR) is 64.4 cm³/mol. The summed E-state index contributed by atoms with van der Waals surface area (Å²) in [6, 6.07) is 2.14. The molecule has 0 bridgehead atoms. The van der Waals surface area contributed by atoms with Gasteiger partial charge in [0.05, 0.1) is 0 Å². The van der Waals surface area contributed by atoms with Gasteiger partial charge in [-0.15, -0.1) is 0 Å². The van der Waals surface area contributed by atoms with Gasteiger partial charge in [-0.1, -0.05) is 6.07 Å². The van der Waals surface area contributed by atoms with Crippen molar-refractivity contribution in [2.75, 3.05) is 0 Å². The van der Waals surface area contributed by atoms with Crippen LogP contribution in [-0.4, -0.2) is 28.4 Å². The molecule has 0 aromatic heterocycles. The van der Waals surface area contributed by atoms with Crippen LogP contribution in [0.25, 0.3) is 0 Å². The number of hydrogen-bond acceptors (Lipinski definition) is 2. The molecule has 1 unspecified atom stereocenters. The lowest BCUT2D eigenvalue weighted by atomic mass is 9.89. The molecule has 1 rings (SSSR count). The van der Waals surface area contributed by atoms with Crippen molar-refractivity contribution < 1.29 is 23.5 Å². The Hall–Kier alpha value is -1.98. The third kappa shape index (κ3) is 2.57. The van der Waals surface area contributed by atoms with Crippen molar-refractivity contribution in [3.63, 3.8) is 0 Å². The zero-order valence-corrected chi connectivity index (χ0v) is 10.9. The van der Waals surface area contributed by atoms with Crippen LogP contribution in [0.2, 0.25) is 0 Å². The fourth-order valence-corrected chi connectivity index (χ4v) is 1.99. The van der Waals surface area contributed by atoms with Crippen molar-refractivity contribution in [1.82, 2.24) is 4.90 Å². The van der Waals surface area contributed by atoms with Crippen LogP contribution in [0, 0.1) is 11.6 Å². The van der Waals surface area contributed by atoms with Crippen LogP contribution in [0.5, 0.6) is 0 Å². The number of halogens is 2. The van der Waals surface area contributed by atoms with Crippen LogP contribution in [0.3, 0.4) is 0 Å². The minimum Gasteiger partial charge on any atom is -0.479 e. The fourth-order valence-electron chi connectivity index (χ4n) is 1.99. The molecule has 0 saturated heterocycles. The van der Waals surface area contributed by atoms with Crippen molar-refractivity contribution in [3.8, 4) is 0 Å². The number of carboxylic acid groups (broad SMARTS) is 1. The lowest BCUT2D eigenvalue weighted by Gasteiger charge is -2.38. The van der Waals surface area contributed by atoms with Gasteiger partial charge in [0.25, 0.3) is 0 Å². The van der Waals surface area contributed by atoms with Crippen LogP contribution in [0.15, 0.2) is 18.2 Å². The Kier molecular flexibility index (Phi) is 4.24. The Morgan fingerprint density at radius 2 is 2.00 bits per heavy atom. The summed E-state index contributed by atoms with van der Waals surface area (Å²) >= 11 is 0. The number of amides is 1. The molecule has 0 fully saturated rings. The van der Waals surface area contributed by atoms with Crippen molar-refractivity contribution in [3.05, 3.63) is 35.4 Å². The van der Waals surface area contributed by atoms with Gasteiger partial charge in [0.2, 0.25) is 6.41 Å². The third-order valence-electron chi connectivity index (χ3n) is 3.06. The van der Waals surface area contributed by atoms with E-state index in [0.717, 1.165) is 17.0 Å². The molecule has 0 aliphatic heterocycles. The summed E-state index contributed by atoms with van der Waals surface area (Å²) in [5.41, 5.74) is -2.16. The number of carbonyl (C=O) groups is 2. The summed E-state index contributed by atoms with van der Waals surface area (Å²) in [6.07, 6.45) is 0.349. The molecule has 0 saturated carbocycles. The minimum atomic E-state index is -1.90. The molecule has 0 aliphatic rings. The first-order valence-electron chi connectivity index (χ1n) is 5.67. The van der Waals surface area contributed by atoms with Crippen LogP contribution >= 0.6 is 0 Å². The topological polar surface area (TPSA) is 57.6 Å². The first-order chi connectivity index (χ1) is 8.75. The highest BCUT2D eigenvalue weighted by molar-refractivity contribution is 5.83. The normalized spacial score (nSPS) is 14.0. The van der Waals surface area contributed by atoms with E-state index in [1.807, 2.05) is 0 Å². The average Bonchev–Trinajstić information content (AvgIpc) is 2.28. The fraction of sp³-hybridized carbons (Fsp3) is 0.385. The molecule has 104 valence electrons. The number of aliphatic carboxylic acids is 1. The summed E-state index contributed by atoms with van der Waals surface area (Å²) in [4.78, 5) is 23.6. The highest BCUT2D eigenvalue weighted by Crippen LogP contribution is 2.31. The second-order valence-corrected chi connectivity index (χ2v) is 4.61. The van der Waals surface area contributed by atoms with E-state index in [0.29, 0.717) is 12.5 Å². The van der Waals surface area contributed by atoms with Gasteiger partial charge in [0, 0.05) is 17.7 Å². The number of carbonyl (C=O) groups excluding carboxylic acids is 1. The molecular formula is C13H15F2NO3. The largest absolute Gasteiger partial charge is 0.479 e. The maximum Gasteiger partial charge on any atom is 0.334 e. The van der Waals surface area contributed by atoms with Gasteiger partial charge in [-0.2, -0.15) is 0 Å². The monoisotopic (exact) mass is 271 g/mol. The summed E-state index contributed by atoms with van der Waals surface area (Å²) in [5.74, 6) is -3.20. The van der Waals surface area contributed by atoms with Crippen LogP contribution in [-0.2, 0) is 15.1 Å². The number of hydrogen-bond donors (Lipinski definition) is 1. The van der Waals surface area contributed by atoms with Crippen molar-refractivity contribution >= 4 is 12.4 Å². The van der Waals surface area contributed by atoms with Crippen molar-refractivity contribution in [2.24, 2.45) is 0 Å². The first kappa shape index (κ1) is 15.1. The SMILES string of the molecule is CC(C)N(C=O)C(C)(C(=O)O)c1ccc(F)cc1F. The molecule has 1 amide bonds. The van der Waals surface area contributed by atoms with Gasteiger partial charge in [-0.25, -0.2) is 13.6 Å². The van der Waals surface area contributed by atoms with E-state index in [2.05, 4.69) is 0 Å². The number of benzene rings is 1. The molecule has 1 N–H and O–H groups in total. The predicted octanol–water partition coefficient (Wildman–Crippen LogP) is 2.13. The molecule has 1 aromatic carbocycles. The van der Waals surface area contributed by atoms with Gasteiger partial charge < -0.3 is 10.0 Å². The Balaban J connectivity index is 3.49. The van der Waals surface area contributed by atoms with Crippen LogP contribution in [0.4, 0.5) is 8.78 Å². The Bertz CT molecular complexity index is 505. The van der Waals surface area contributed by atoms with E-state index in [4.69, 9.17) is 0 Å². The minimum absolute atomic E-state index is 0.262. The van der Waals surface area contributed by atoms with Crippen LogP contribution < -0.4 is 0 Å². The van der Waals surface area contributed by atoms with E-state index in [1.54, 1.807) is 13.8 Å². The second-order valence-electron chi connectivity index (χ2n) is 4.61. The van der Waals surface area contributed by atoms with Gasteiger partial charge in [-0.05, 0) is 26.8 Å². The van der Waals surface area contributed by atoms with E-state index in [1.165, 1.54) is 6.92 Å². The average molecular weight is 271 g/mol. The molecule has 4 nitrogen and oxygen atoms in total. The molecule has 19 heavy (non-hydrogen) atoms. The van der Waals surface area contributed by atoms with Crippen molar-refractivity contribution in [1.29, 1.82) is 0 Å². The van der Waals surface area contributed by atoms with E-state index in [-0.39, 0.29) is 5.56 Å². The third-order valence-corrected chi connectivity index (χ3v) is 3.06. The highest BCUT2D eigenvalue weighted by Gasteiger charge is 2.44. The van der Waals surface area contributed by atoms with Gasteiger partial charge in [0.15, 0.2) is 5.54 Å². The molecular weight excluding hydrogens is 256 g/mol. The molecule has 1 aromatic rings. The molecule has 0 radical (unpaired) electrons. The van der Waals surface area contributed by atoms with Crippen molar-refractivity contribution in [2.45, 2.75) is 32.4 Å². The summed E-state index contributed by atoms with van der Waals surface area (Å²) in [5, 5.41) is 9.37. The molecule has 1 atom stereocenters. The Labute approximate surface area is 109 Å². The number of rotatable bonds is 5. The molecule has 0 heterocycles. The number of carboxylic acids is 1. The smallest absolute Gasteiger partial charge is 0.334 e. The van der Waals surface area contributed by atoms with Gasteiger partial charge in [-0.3, -0.25) is 4.79 Å². The van der Waals surface area contributed by atoms with E-state index < -0.39 is 29.2 Å². The Morgan fingerprint density at radius 1 is 1.42 bits per heavy atom. The maximum atomic E-state index is 13.8. The van der Waals surface area contributed by atoms with E-state index in [9.17, 15) is 23.5 Å². The second kappa shape index (κ2) is 5.34. The summed E-state index contributed by atoms with van der Waals surface area (Å²) < 4.78 is 26.7. The molecule has 0 aliphatic carbocycles. The first-order valence-corrected chi connectivity index (χ1v) is 5.67. The standard InChI is InChI=1S/C13H15F2NO3/c1-8(2)16(7-17)13(3,12(18)19)10-5-4-9(14)6-11(10)15/h4-8H,1-3H3,(H,18,19). The lowest BCUT2D eigenvalue weighted by Crippen LogP contribution is -2.52. The number of nitrogens with zero attached hydrogens (tertiary/aromatic N) is 1. The van der Waals surface area contributed by atoms with Crippen LogP contribution in [0.1, 0.15) is 26.3 Å². The lowest BCUT2D eigenvalue weighted by molar-refractivity contribution is -0.156. The zero-order chi connectivity index (χ0) is 14.8. The summed E-state index contributed by atoms with van der Waals surface area (Å²) in [6.45, 7) is 4.42. The van der Waals surface area contributed by atoms with Gasteiger partial charge >= 0.3 is 5.97 Å². The quantitative estimate of drug-likeness (QED) is 0.835. The summed E-state index contributed by atoms with van der Waals surface area (Å²) in [7, 11) is 0. The zero-order valence-electron chi connectivity index (χ0n) is 10.9. The Morgan fingerprint density at radius 3 is 2.37 bits per heavy atom. The molecule has 6 heteroatoms. The maximum absolute atomic E-state index is 13.8. The van der Waals surface area contributed by atoms with Gasteiger partial charge in [0.1, 0.15) is 11.6 Å². The van der Waals surface area contributed by atoms with E-state index >= 15 is 0 Å².